The van der Waals surface area contributed by atoms with Crippen molar-refractivity contribution in [2.75, 3.05) is 106 Å². The quantitative estimate of drug-likeness (QED) is 0.0386. The van der Waals surface area contributed by atoms with Crippen molar-refractivity contribution in [2.24, 2.45) is 20.0 Å². The highest BCUT2D eigenvalue weighted by atomic mass is 35.5. The van der Waals surface area contributed by atoms with Gasteiger partial charge >= 0.3 is 0 Å². The molecule has 6 aliphatic heterocycles. The first-order valence-corrected chi connectivity index (χ1v) is 52.6. The third kappa shape index (κ3) is 23.0. The van der Waals surface area contributed by atoms with Crippen LogP contribution in [0.15, 0.2) is 166 Å². The zero-order valence-electron chi connectivity index (χ0n) is 82.1. The van der Waals surface area contributed by atoms with Crippen molar-refractivity contribution < 1.29 is 19.2 Å². The number of aryl methyl sites for hydroxylation is 10. The molecule has 0 bridgehead atoms. The minimum atomic E-state index is -0.453. The number of nitrogens with zero attached hydrogens (tertiary/aromatic N) is 22. The first-order chi connectivity index (χ1) is 68.5. The van der Waals surface area contributed by atoms with Crippen LogP contribution in [0.5, 0.6) is 0 Å². The van der Waals surface area contributed by atoms with Gasteiger partial charge in [-0.2, -0.15) is 0 Å². The van der Waals surface area contributed by atoms with Crippen LogP contribution in [0.3, 0.4) is 0 Å². The summed E-state index contributed by atoms with van der Waals surface area (Å²) in [6.45, 7) is 36.8. The Kier molecular flexibility index (Phi) is 32.6. The maximum Gasteiger partial charge on any atom is 0.234 e. The number of rotatable bonds is 25. The van der Waals surface area contributed by atoms with Crippen LogP contribution < -0.4 is 21.3 Å². The van der Waals surface area contributed by atoms with Gasteiger partial charge in [-0.25, -0.2) is 0 Å². The number of hydrogen-bond donors (Lipinski definition) is 4. The van der Waals surface area contributed by atoms with Crippen LogP contribution in [-0.4, -0.2) is 240 Å². The molecule has 6 aliphatic rings. The average Bonchev–Trinajstić information content (AvgIpc) is 1.60. The van der Waals surface area contributed by atoms with E-state index >= 15 is 0 Å². The van der Waals surface area contributed by atoms with Crippen molar-refractivity contribution >= 4 is 138 Å². The number of aromatic nitrogens is 14. The number of thiophene rings is 4. The van der Waals surface area contributed by atoms with Crippen molar-refractivity contribution in [3.8, 4) is 20.0 Å². The molecule has 38 heteroatoms. The van der Waals surface area contributed by atoms with E-state index in [2.05, 4.69) is 179 Å². The summed E-state index contributed by atoms with van der Waals surface area (Å²) in [6, 6.07) is 37.3. The van der Waals surface area contributed by atoms with Gasteiger partial charge < -0.3 is 40.5 Å². The zero-order valence-corrected chi connectivity index (χ0v) is 88.4. The Morgan fingerprint density at radius 2 is 0.704 bits per heavy atom. The maximum atomic E-state index is 13.0. The highest BCUT2D eigenvalue weighted by Crippen LogP contribution is 2.45. The second-order valence-electron chi connectivity index (χ2n) is 36.5. The number of aliphatic imine (C=N–C) groups is 4. The van der Waals surface area contributed by atoms with Crippen LogP contribution in [0.25, 0.3) is 20.0 Å². The number of carbonyl (C=O) groups excluding carboxylic acids is 4. The Morgan fingerprint density at radius 1 is 0.366 bits per heavy atom. The molecule has 30 nitrogen and oxygen atoms in total. The molecule has 0 saturated carbocycles. The van der Waals surface area contributed by atoms with Crippen LogP contribution in [-0.2, 0) is 32.1 Å². The molecular weight excluding hydrogens is 1950 g/mol. The van der Waals surface area contributed by atoms with Gasteiger partial charge in [0.2, 0.25) is 23.6 Å². The lowest BCUT2D eigenvalue weighted by Gasteiger charge is -2.32. The Labute approximate surface area is 862 Å². The molecule has 0 aliphatic carbocycles. The van der Waals surface area contributed by atoms with Gasteiger partial charge in [-0.05, 0) is 218 Å². The standard InChI is InChI=1S/C27H34ClN7OS.C26H25ClN6OS.C26H27ClN6OS.C25H30ClN7OS/c1-17-18(2)37-27-24(17)25(20-7-9-21(28)10-8-20)30-22(26-32-31-19(3)35(26)27)16-29-23(36)6-5-11-34-14-12-33(4)13-15-34;1-15-16(2)35-26-23(15)24(19-7-9-20(27)10-8-19)30-21(25-32-31-17(3)33(25)26)14-29-22(34)11-6-18-5-4-12-28-13-18;1-16-17(2)35-26-23(16)24(19-7-9-20(27)10-8-19)29-21(25-31-30-18(3)33(25)26)15-22(34)28-11-6-14-32-12-4-5-13-32;1-15-16(2)35-25-22(15)23(18-5-7-19(26)8-6-18)28-20(24-30-29-17(3)33(24)25)13-27-21(34)14-32-11-9-31(4)10-12-32/h7-10,22H,5-6,11-16H2,1-4H3,(H,29,36);4-5,7-10,12-13,21H,6,11,14H2,1-3H3,(H,29,34);4-5,7-10,12-13,21H,6,11,14-15H2,1-3H3,(H,28,34);5-8,20H,9-14H2,1-4H3,(H,27,34)/t22-;2*21-;20-/m0000/s1. The predicted octanol–water partition coefficient (Wildman–Crippen LogP) is 17.2. The highest BCUT2D eigenvalue weighted by molar-refractivity contribution is 7.16. The molecule has 2 fully saturated rings. The average molecular weight is 2060 g/mol. The molecule has 4 N–H and O–H groups in total. The van der Waals surface area contributed by atoms with Gasteiger partial charge in [0.15, 0.2) is 23.3 Å². The number of pyridine rings is 1. The molecule has 14 aromatic rings. The second-order valence-corrected chi connectivity index (χ2v) is 43.1. The fourth-order valence-corrected chi connectivity index (χ4v) is 23.6. The van der Waals surface area contributed by atoms with Crippen molar-refractivity contribution in [1.82, 2.24) is 109 Å². The molecule has 0 unspecified atom stereocenters. The zero-order chi connectivity index (χ0) is 99.8. The minimum absolute atomic E-state index is 0.00614. The van der Waals surface area contributed by atoms with E-state index in [1.54, 1.807) is 57.7 Å². The van der Waals surface area contributed by atoms with Crippen LogP contribution in [0, 0.1) is 83.1 Å². The largest absolute Gasteiger partial charge is 0.356 e. The highest BCUT2D eigenvalue weighted by Gasteiger charge is 2.38. The van der Waals surface area contributed by atoms with Gasteiger partial charge in [0.1, 0.15) is 67.5 Å². The summed E-state index contributed by atoms with van der Waals surface area (Å²) in [4.78, 5) is 90.3. The van der Waals surface area contributed by atoms with E-state index in [1.807, 2.05) is 161 Å². The number of fused-ring (bicyclic) bond motifs is 12. The summed E-state index contributed by atoms with van der Waals surface area (Å²) < 4.78 is 10.5. The molecular formula is C104H116Cl4N26O4S4. The molecule has 0 spiro atoms. The summed E-state index contributed by atoms with van der Waals surface area (Å²) in [6.07, 6.45) is 11.0. The lowest BCUT2D eigenvalue weighted by molar-refractivity contribution is -0.123. The van der Waals surface area contributed by atoms with Gasteiger partial charge in [0.05, 0.1) is 35.8 Å². The number of piperazine rings is 2. The Morgan fingerprint density at radius 3 is 1.06 bits per heavy atom. The minimum Gasteiger partial charge on any atom is -0.356 e. The molecule has 16 heterocycles. The summed E-state index contributed by atoms with van der Waals surface area (Å²) in [5, 5.41) is 54.7. The van der Waals surface area contributed by atoms with Gasteiger partial charge in [-0.15, -0.1) is 86.1 Å². The van der Waals surface area contributed by atoms with Crippen LogP contribution in [0.1, 0.15) is 195 Å². The first-order valence-electron chi connectivity index (χ1n) is 47.8. The maximum absolute atomic E-state index is 13.0. The van der Waals surface area contributed by atoms with Crippen LogP contribution >= 0.6 is 91.8 Å². The van der Waals surface area contributed by atoms with Gasteiger partial charge in [0, 0.05) is 207 Å². The summed E-state index contributed by atoms with van der Waals surface area (Å²) in [7, 11) is 4.27. The van der Waals surface area contributed by atoms with Gasteiger partial charge in [0.25, 0.3) is 0 Å². The van der Waals surface area contributed by atoms with E-state index in [0.29, 0.717) is 77.9 Å². The molecule has 10 aromatic heterocycles. The lowest BCUT2D eigenvalue weighted by atomic mass is 9.99. The fraction of sp³-hybridized carbons (Fsp3) is 0.375. The van der Waals surface area contributed by atoms with E-state index < -0.39 is 6.04 Å². The van der Waals surface area contributed by atoms with Crippen molar-refractivity contribution in [1.29, 1.82) is 0 Å². The van der Waals surface area contributed by atoms with Crippen molar-refractivity contribution in [3.05, 3.63) is 305 Å². The normalized spacial score (nSPS) is 16.5. The topological polar surface area (TPSA) is 319 Å². The van der Waals surface area contributed by atoms with Crippen LogP contribution in [0.2, 0.25) is 20.1 Å². The summed E-state index contributed by atoms with van der Waals surface area (Å²) in [5.74, 6) is 6.08. The second kappa shape index (κ2) is 45.4. The monoisotopic (exact) mass is 2060 g/mol. The molecule has 20 rings (SSSR count). The van der Waals surface area contributed by atoms with E-state index in [4.69, 9.17) is 66.4 Å². The Balaban J connectivity index is 0.000000130. The van der Waals surface area contributed by atoms with E-state index in [1.165, 1.54) is 41.8 Å². The van der Waals surface area contributed by atoms with Crippen molar-refractivity contribution in [3.63, 3.8) is 0 Å². The number of benzene rings is 4. The van der Waals surface area contributed by atoms with E-state index in [-0.39, 0.29) is 48.2 Å². The number of hydrogen-bond acceptors (Lipinski definition) is 25. The van der Waals surface area contributed by atoms with Crippen molar-refractivity contribution in [2.45, 2.75) is 152 Å². The molecule has 0 radical (unpaired) electrons. The molecule has 142 heavy (non-hydrogen) atoms. The van der Waals surface area contributed by atoms with Crippen LogP contribution in [0.4, 0.5) is 0 Å². The number of nitrogens with one attached hydrogen (secondary N) is 4. The number of likely N-dealkylation sites (N-methyl/N-ethyl adjacent to an activating group) is 2. The predicted molar refractivity (Wildman–Crippen MR) is 568 cm³/mol. The summed E-state index contributed by atoms with van der Waals surface area (Å²) in [5.41, 5.74) is 17.5. The molecule has 4 amide bonds. The molecule has 4 aromatic carbocycles. The number of carbonyl (C=O) groups is 4. The van der Waals surface area contributed by atoms with E-state index in [0.717, 1.165) is 212 Å². The van der Waals surface area contributed by atoms with E-state index in [9.17, 15) is 19.2 Å². The third-order valence-electron chi connectivity index (χ3n) is 26.7. The smallest absolute Gasteiger partial charge is 0.234 e. The summed E-state index contributed by atoms with van der Waals surface area (Å²) >= 11 is 31.6. The van der Waals surface area contributed by atoms with Gasteiger partial charge in [-0.1, -0.05) is 101 Å². The molecule has 2 saturated heterocycles. The van der Waals surface area contributed by atoms with Gasteiger partial charge in [-0.3, -0.25) is 67.3 Å². The molecule has 738 valence electrons. The lowest BCUT2D eigenvalue weighted by Crippen LogP contribution is -2.48. The fourth-order valence-electron chi connectivity index (χ4n) is 18.2. The number of halogens is 4. The SMILES string of the molecule is Cc1sc2c(c1C)C(c1ccc(Cl)cc1)=N[C@@H](CC(=O)NCCCn1cccc1)c1nnc(C)n1-2.Cc1sc2c(c1C)C(c1ccc(Cl)cc1)=N[C@@H](CNC(=O)CCCN1CCN(C)CC1)c1nnc(C)n1-2.Cc1sc2c(c1C)C(c1ccc(Cl)cc1)=N[C@@H](CNC(=O)CCc1cccnc1)c1nnc(C)n1-2.Cc1sc2c(c1C)C(c1ccc(Cl)cc1)=N[C@@H](CNC(=O)CN1CCN(C)CC1)c1nnc(C)n1-2. The Hall–Kier alpha value is -11.8. The first kappa shape index (κ1) is 102. The Bertz CT molecular complexity index is 7030. The third-order valence-corrected chi connectivity index (χ3v) is 32.4. The number of amides is 4. The molecule has 4 atom stereocenters.